The van der Waals surface area contributed by atoms with Gasteiger partial charge in [0, 0.05) is 23.1 Å². The third-order valence-electron chi connectivity index (χ3n) is 2.24. The van der Waals surface area contributed by atoms with Crippen molar-refractivity contribution >= 4 is 15.9 Å². The topological polar surface area (TPSA) is 46.3 Å². The molecular formula is C12H12BrNO2. The third-order valence-corrected chi connectivity index (χ3v) is 2.77. The van der Waals surface area contributed by atoms with Gasteiger partial charge in [-0.25, -0.2) is 4.98 Å². The molecule has 1 aromatic carbocycles. The number of aryl methyl sites for hydroxylation is 1. The van der Waals surface area contributed by atoms with Crippen molar-refractivity contribution in [3.8, 4) is 11.3 Å². The summed E-state index contributed by atoms with van der Waals surface area (Å²) in [7, 11) is 0. The maximum Gasteiger partial charge on any atom is 0.194 e. The summed E-state index contributed by atoms with van der Waals surface area (Å²) >= 11 is 3.39. The van der Waals surface area contributed by atoms with Gasteiger partial charge < -0.3 is 9.52 Å². The predicted molar refractivity (Wildman–Crippen MR) is 65.0 cm³/mol. The molecule has 0 fully saturated rings. The molecule has 16 heavy (non-hydrogen) atoms. The summed E-state index contributed by atoms with van der Waals surface area (Å²) in [5.41, 5.74) is 1.86. The molecule has 0 aliphatic carbocycles. The number of aromatic nitrogens is 1. The summed E-state index contributed by atoms with van der Waals surface area (Å²) in [6.07, 6.45) is 3.00. The quantitative estimate of drug-likeness (QED) is 0.937. The lowest BCUT2D eigenvalue weighted by Gasteiger charge is -1.95. The number of aliphatic hydroxyl groups is 1. The Bertz CT molecular complexity index is 450. The van der Waals surface area contributed by atoms with Crippen molar-refractivity contribution in [3.05, 3.63) is 40.9 Å². The number of rotatable bonds is 4. The fourth-order valence-electron chi connectivity index (χ4n) is 1.41. The van der Waals surface area contributed by atoms with Crippen molar-refractivity contribution < 1.29 is 9.52 Å². The van der Waals surface area contributed by atoms with Crippen LogP contribution >= 0.6 is 15.9 Å². The summed E-state index contributed by atoms with van der Waals surface area (Å²) in [6.45, 7) is 0.163. The van der Waals surface area contributed by atoms with Crippen LogP contribution in [0.25, 0.3) is 11.3 Å². The van der Waals surface area contributed by atoms with Crippen molar-refractivity contribution in [2.75, 3.05) is 6.61 Å². The van der Waals surface area contributed by atoms with Gasteiger partial charge in [0.2, 0.25) is 0 Å². The van der Waals surface area contributed by atoms with E-state index in [4.69, 9.17) is 9.52 Å². The Hall–Kier alpha value is -1.13. The molecule has 1 aromatic heterocycles. The molecular weight excluding hydrogens is 270 g/mol. The Morgan fingerprint density at radius 3 is 2.69 bits per heavy atom. The summed E-state index contributed by atoms with van der Waals surface area (Å²) in [5, 5.41) is 8.71. The molecule has 0 bridgehead atoms. The van der Waals surface area contributed by atoms with Crippen LogP contribution in [0.3, 0.4) is 0 Å². The molecule has 0 aliphatic heterocycles. The number of hydrogen-bond donors (Lipinski definition) is 1. The third kappa shape index (κ3) is 2.71. The Kier molecular flexibility index (Phi) is 3.74. The van der Waals surface area contributed by atoms with Gasteiger partial charge in [0.15, 0.2) is 5.89 Å². The minimum absolute atomic E-state index is 0.163. The molecule has 0 aliphatic rings. The van der Waals surface area contributed by atoms with E-state index in [0.717, 1.165) is 15.7 Å². The molecule has 0 saturated carbocycles. The Morgan fingerprint density at radius 1 is 1.25 bits per heavy atom. The van der Waals surface area contributed by atoms with Crippen molar-refractivity contribution in [1.29, 1.82) is 0 Å². The molecule has 1 N–H and O–H groups in total. The normalized spacial score (nSPS) is 10.6. The van der Waals surface area contributed by atoms with Crippen LogP contribution in [0.1, 0.15) is 12.3 Å². The molecule has 0 radical (unpaired) electrons. The Morgan fingerprint density at radius 2 is 2.00 bits per heavy atom. The fraction of sp³-hybridized carbons (Fsp3) is 0.250. The number of nitrogens with zero attached hydrogens (tertiary/aromatic N) is 1. The minimum Gasteiger partial charge on any atom is -0.448 e. The minimum atomic E-state index is 0.163. The van der Waals surface area contributed by atoms with Crippen molar-refractivity contribution in [1.82, 2.24) is 4.98 Å². The molecule has 1 heterocycles. The summed E-state index contributed by atoms with van der Waals surface area (Å²) in [6, 6.07) is 7.91. The number of oxazole rings is 1. The first-order valence-corrected chi connectivity index (χ1v) is 5.90. The zero-order valence-electron chi connectivity index (χ0n) is 8.69. The SMILES string of the molecule is OCCCc1nc(-c2ccc(Br)cc2)co1. The first kappa shape index (κ1) is 11.4. The van der Waals surface area contributed by atoms with E-state index < -0.39 is 0 Å². The summed E-state index contributed by atoms with van der Waals surface area (Å²) in [4.78, 5) is 4.35. The number of halogens is 1. The highest BCUT2D eigenvalue weighted by Crippen LogP contribution is 2.21. The van der Waals surface area contributed by atoms with Crippen LogP contribution in [0.2, 0.25) is 0 Å². The molecule has 84 valence electrons. The van der Waals surface area contributed by atoms with Crippen LogP contribution in [0.5, 0.6) is 0 Å². The van der Waals surface area contributed by atoms with Crippen LogP contribution in [0.15, 0.2) is 39.4 Å². The fourth-order valence-corrected chi connectivity index (χ4v) is 1.67. The van der Waals surface area contributed by atoms with Gasteiger partial charge >= 0.3 is 0 Å². The lowest BCUT2D eigenvalue weighted by molar-refractivity contribution is 0.283. The van der Waals surface area contributed by atoms with Gasteiger partial charge in [0.25, 0.3) is 0 Å². The van der Waals surface area contributed by atoms with Gasteiger partial charge in [0.1, 0.15) is 12.0 Å². The molecule has 3 nitrogen and oxygen atoms in total. The summed E-state index contributed by atoms with van der Waals surface area (Å²) in [5.74, 6) is 0.673. The summed E-state index contributed by atoms with van der Waals surface area (Å²) < 4.78 is 6.36. The van der Waals surface area contributed by atoms with Crippen molar-refractivity contribution in [2.24, 2.45) is 0 Å². The highest BCUT2D eigenvalue weighted by atomic mass is 79.9. The first-order valence-electron chi connectivity index (χ1n) is 5.11. The molecule has 4 heteroatoms. The molecule has 0 unspecified atom stereocenters. The highest BCUT2D eigenvalue weighted by molar-refractivity contribution is 9.10. The van der Waals surface area contributed by atoms with Crippen LogP contribution in [0.4, 0.5) is 0 Å². The molecule has 0 amide bonds. The van der Waals surface area contributed by atoms with E-state index in [-0.39, 0.29) is 6.61 Å². The van der Waals surface area contributed by atoms with Gasteiger partial charge in [0.05, 0.1) is 0 Å². The van der Waals surface area contributed by atoms with Gasteiger partial charge in [-0.15, -0.1) is 0 Å². The zero-order chi connectivity index (χ0) is 11.4. The second-order valence-corrected chi connectivity index (χ2v) is 4.38. The van der Waals surface area contributed by atoms with Crippen LogP contribution in [-0.2, 0) is 6.42 Å². The second-order valence-electron chi connectivity index (χ2n) is 3.46. The molecule has 0 atom stereocenters. The van der Waals surface area contributed by atoms with Crippen LogP contribution < -0.4 is 0 Å². The molecule has 2 rings (SSSR count). The second kappa shape index (κ2) is 5.27. The predicted octanol–water partition coefficient (Wildman–Crippen LogP) is 3.03. The lowest BCUT2D eigenvalue weighted by Crippen LogP contribution is -1.89. The van der Waals surface area contributed by atoms with Gasteiger partial charge in [-0.05, 0) is 18.6 Å². The van der Waals surface area contributed by atoms with E-state index >= 15 is 0 Å². The number of benzene rings is 1. The van der Waals surface area contributed by atoms with Crippen LogP contribution in [-0.4, -0.2) is 16.7 Å². The highest BCUT2D eigenvalue weighted by Gasteiger charge is 2.05. The van der Waals surface area contributed by atoms with E-state index in [0.29, 0.717) is 18.7 Å². The Labute approximate surface area is 102 Å². The average molecular weight is 282 g/mol. The average Bonchev–Trinajstić information content (AvgIpc) is 2.76. The zero-order valence-corrected chi connectivity index (χ0v) is 10.3. The van der Waals surface area contributed by atoms with E-state index in [9.17, 15) is 0 Å². The number of aliphatic hydroxyl groups excluding tert-OH is 1. The molecule has 2 aromatic rings. The van der Waals surface area contributed by atoms with Gasteiger partial charge in [-0.3, -0.25) is 0 Å². The first-order chi connectivity index (χ1) is 7.79. The standard InChI is InChI=1S/C12H12BrNO2/c13-10-5-3-9(4-6-10)11-8-16-12(14-11)2-1-7-15/h3-6,8,15H,1-2,7H2. The van der Waals surface area contributed by atoms with Crippen molar-refractivity contribution in [2.45, 2.75) is 12.8 Å². The van der Waals surface area contributed by atoms with E-state index in [1.807, 2.05) is 24.3 Å². The maximum atomic E-state index is 8.71. The van der Waals surface area contributed by atoms with E-state index in [1.54, 1.807) is 6.26 Å². The molecule has 0 saturated heterocycles. The smallest absolute Gasteiger partial charge is 0.194 e. The monoisotopic (exact) mass is 281 g/mol. The Balaban J connectivity index is 2.15. The van der Waals surface area contributed by atoms with Crippen molar-refractivity contribution in [3.63, 3.8) is 0 Å². The van der Waals surface area contributed by atoms with Gasteiger partial charge in [-0.2, -0.15) is 0 Å². The van der Waals surface area contributed by atoms with Gasteiger partial charge in [-0.1, -0.05) is 28.1 Å². The number of hydrogen-bond acceptors (Lipinski definition) is 3. The maximum absolute atomic E-state index is 8.71. The van der Waals surface area contributed by atoms with E-state index in [2.05, 4.69) is 20.9 Å². The lowest BCUT2D eigenvalue weighted by atomic mass is 10.2. The largest absolute Gasteiger partial charge is 0.448 e. The van der Waals surface area contributed by atoms with Crippen LogP contribution in [0, 0.1) is 0 Å². The van der Waals surface area contributed by atoms with E-state index in [1.165, 1.54) is 0 Å². The molecule has 0 spiro atoms.